The van der Waals surface area contributed by atoms with Crippen molar-refractivity contribution in [3.63, 3.8) is 0 Å². The molecule has 1 heterocycles. The second-order valence-electron chi connectivity index (χ2n) is 12.2. The van der Waals surface area contributed by atoms with Crippen molar-refractivity contribution in [2.45, 2.75) is 104 Å². The minimum Gasteiger partial charge on any atom is -0.507 e. The van der Waals surface area contributed by atoms with Crippen LogP contribution in [-0.4, -0.2) is 86.9 Å². The van der Waals surface area contributed by atoms with Gasteiger partial charge < -0.3 is 40.3 Å². The van der Waals surface area contributed by atoms with Gasteiger partial charge >= 0.3 is 0 Å². The van der Waals surface area contributed by atoms with E-state index in [1.165, 1.54) is 13.8 Å². The monoisotopic (exact) mass is 625 g/mol. The summed E-state index contributed by atoms with van der Waals surface area (Å²) >= 11 is 6.24. The number of aldehydes is 1. The lowest BCUT2D eigenvalue weighted by Crippen LogP contribution is -2.65. The number of hydrogen-bond acceptors (Lipinski definition) is 10. The first-order chi connectivity index (χ1) is 20.1. The Bertz CT molecular complexity index is 1250. The Morgan fingerprint density at radius 3 is 2.44 bits per heavy atom. The molecule has 1 saturated heterocycles. The van der Waals surface area contributed by atoms with Crippen molar-refractivity contribution in [1.82, 2.24) is 5.32 Å². The molecule has 1 aromatic rings. The molecule has 0 unspecified atom stereocenters. The molecule has 1 saturated carbocycles. The molecule has 0 bridgehead atoms. The average Bonchev–Trinajstić information content (AvgIpc) is 2.96. The third-order valence-corrected chi connectivity index (χ3v) is 10.1. The smallest absolute Gasteiger partial charge is 0.217 e. The van der Waals surface area contributed by atoms with Crippen molar-refractivity contribution >= 4 is 29.6 Å². The molecule has 6 N–H and O–H groups in total. The van der Waals surface area contributed by atoms with Crippen LogP contribution in [-0.2, 0) is 25.5 Å². The van der Waals surface area contributed by atoms with E-state index < -0.39 is 60.4 Å². The molecule has 2 aliphatic rings. The van der Waals surface area contributed by atoms with E-state index in [-0.39, 0.29) is 51.5 Å². The van der Waals surface area contributed by atoms with Crippen LogP contribution < -0.4 is 5.32 Å². The van der Waals surface area contributed by atoms with Crippen LogP contribution in [0.1, 0.15) is 75.4 Å². The van der Waals surface area contributed by atoms with Gasteiger partial charge in [0.15, 0.2) is 12.6 Å². The minimum atomic E-state index is -1.51. The van der Waals surface area contributed by atoms with Gasteiger partial charge in [0.2, 0.25) is 5.91 Å². The highest BCUT2D eigenvalue weighted by Gasteiger charge is 2.49. The van der Waals surface area contributed by atoms with Gasteiger partial charge in [0.1, 0.15) is 41.6 Å². The van der Waals surface area contributed by atoms with Crippen LogP contribution in [0, 0.1) is 24.2 Å². The molecular weight excluding hydrogens is 582 g/mol. The lowest BCUT2D eigenvalue weighted by atomic mass is 9.59. The molecule has 11 nitrogen and oxygen atoms in total. The van der Waals surface area contributed by atoms with Crippen LogP contribution in [0.3, 0.4) is 0 Å². The summed E-state index contributed by atoms with van der Waals surface area (Å²) in [5.74, 6) is -1.29. The summed E-state index contributed by atoms with van der Waals surface area (Å²) in [6, 6.07) is -1.18. The van der Waals surface area contributed by atoms with Crippen LogP contribution >= 0.6 is 11.6 Å². The van der Waals surface area contributed by atoms with E-state index in [9.17, 15) is 39.9 Å². The molecule has 0 radical (unpaired) electrons. The lowest BCUT2D eigenvalue weighted by Gasteiger charge is -2.48. The Labute approximate surface area is 256 Å². The van der Waals surface area contributed by atoms with Crippen LogP contribution in [0.15, 0.2) is 11.6 Å². The number of ketones is 1. The number of aliphatic hydroxyl groups is 3. The maximum Gasteiger partial charge on any atom is 0.217 e. The number of phenols is 2. The molecule has 2 fully saturated rings. The minimum absolute atomic E-state index is 0.0355. The molecule has 1 aromatic carbocycles. The third-order valence-electron chi connectivity index (χ3n) is 9.62. The number of carbonyl (C=O) groups excluding carboxylic acids is 3. The highest BCUT2D eigenvalue weighted by molar-refractivity contribution is 6.33. The fraction of sp³-hybridized carbons (Fsp3) is 0.645. The molecule has 9 atom stereocenters. The highest BCUT2D eigenvalue weighted by Crippen LogP contribution is 2.48. The van der Waals surface area contributed by atoms with Crippen molar-refractivity contribution in [3.8, 4) is 11.5 Å². The first-order valence-corrected chi connectivity index (χ1v) is 14.9. The van der Waals surface area contributed by atoms with Gasteiger partial charge in [0.25, 0.3) is 0 Å². The van der Waals surface area contributed by atoms with Crippen molar-refractivity contribution in [1.29, 1.82) is 0 Å². The number of aliphatic hydroxyl groups excluding tert-OH is 3. The Kier molecular flexibility index (Phi) is 11.4. The molecule has 1 aliphatic carbocycles. The first kappa shape index (κ1) is 34.9. The lowest BCUT2D eigenvalue weighted by molar-refractivity contribution is -0.281. The van der Waals surface area contributed by atoms with E-state index in [2.05, 4.69) is 12.2 Å². The molecule has 240 valence electrons. The Morgan fingerprint density at radius 1 is 1.21 bits per heavy atom. The Morgan fingerprint density at radius 2 is 1.86 bits per heavy atom. The van der Waals surface area contributed by atoms with E-state index in [4.69, 9.17) is 21.1 Å². The van der Waals surface area contributed by atoms with Gasteiger partial charge in [-0.1, -0.05) is 38.4 Å². The maximum atomic E-state index is 12.8. The molecule has 0 spiro atoms. The summed E-state index contributed by atoms with van der Waals surface area (Å²) in [6.45, 7) is 9.87. The zero-order valence-corrected chi connectivity index (χ0v) is 26.2. The maximum absolute atomic E-state index is 12.8. The van der Waals surface area contributed by atoms with Gasteiger partial charge in [-0.15, -0.1) is 0 Å². The van der Waals surface area contributed by atoms with E-state index in [1.54, 1.807) is 13.0 Å². The van der Waals surface area contributed by atoms with Gasteiger partial charge in [-0.3, -0.25) is 14.4 Å². The van der Waals surface area contributed by atoms with E-state index in [0.29, 0.717) is 31.1 Å². The van der Waals surface area contributed by atoms with Crippen LogP contribution in [0.2, 0.25) is 5.02 Å². The van der Waals surface area contributed by atoms with Crippen molar-refractivity contribution in [2.75, 3.05) is 6.61 Å². The number of amides is 1. The second kappa shape index (κ2) is 14.0. The predicted octanol–water partition coefficient (Wildman–Crippen LogP) is 2.72. The SMILES string of the molecule is CC(=O)N[C@@H]1[C@H](O[C@H](C[C@@]2(C)[C@H](C)CCC(=O)[C@@H]2C)/C(C)=C/Cc2c(O)c(Cl)c(C)c(C=O)c2O)O[C@H](CO)[C@@H](O)[C@@H]1O. The number of benzene rings is 1. The van der Waals surface area contributed by atoms with Gasteiger partial charge in [-0.25, -0.2) is 0 Å². The van der Waals surface area contributed by atoms with Crippen LogP contribution in [0.4, 0.5) is 0 Å². The van der Waals surface area contributed by atoms with Crippen molar-refractivity contribution in [2.24, 2.45) is 17.3 Å². The highest BCUT2D eigenvalue weighted by atomic mass is 35.5. The number of halogens is 1. The number of hydrogen-bond donors (Lipinski definition) is 6. The van der Waals surface area contributed by atoms with E-state index in [1.807, 2.05) is 13.8 Å². The van der Waals surface area contributed by atoms with E-state index >= 15 is 0 Å². The summed E-state index contributed by atoms with van der Waals surface area (Å²) in [7, 11) is 0. The standard InChI is InChI=1S/C31H44ClNO10/c1-14(7-9-19-26(38)20(12-34)16(3)24(32)27(19)39)22(11-31(6)15(2)8-10-21(37)17(31)4)42-30-25(33-18(5)36)29(41)28(40)23(13-35)43-30/h7,12,15,17,22-23,25,28-30,35,38-41H,8-11,13H2,1-6H3,(H,33,36)/b14-7+/t15-,17+,22-,23-,25+,28-,29-,30-,31+/m1/s1. The first-order valence-electron chi connectivity index (χ1n) is 14.5. The predicted molar refractivity (Wildman–Crippen MR) is 158 cm³/mol. The summed E-state index contributed by atoms with van der Waals surface area (Å²) in [4.78, 5) is 36.4. The molecule has 1 amide bonds. The van der Waals surface area contributed by atoms with Gasteiger partial charge in [0, 0.05) is 24.8 Å². The largest absolute Gasteiger partial charge is 0.507 e. The number of aromatic hydroxyl groups is 2. The van der Waals surface area contributed by atoms with Crippen LogP contribution in [0.25, 0.3) is 0 Å². The summed E-state index contributed by atoms with van der Waals surface area (Å²) < 4.78 is 12.3. The fourth-order valence-electron chi connectivity index (χ4n) is 6.15. The fourth-order valence-corrected chi connectivity index (χ4v) is 6.37. The number of nitrogens with one attached hydrogen (secondary N) is 1. The number of allylic oxidation sites excluding steroid dienone is 1. The number of phenolic OH excluding ortho intramolecular Hbond substituents is 2. The zero-order valence-electron chi connectivity index (χ0n) is 25.5. The molecule has 0 aromatic heterocycles. The number of rotatable bonds is 10. The normalized spacial score (nSPS) is 32.4. The number of ether oxygens (including phenoxy) is 2. The Balaban J connectivity index is 2.06. The second-order valence-corrected chi connectivity index (χ2v) is 12.6. The van der Waals surface area contributed by atoms with E-state index in [0.717, 1.165) is 0 Å². The number of Topliss-reactive ketones (excluding diaryl/α,β-unsaturated/α-hetero) is 1. The molecule has 12 heteroatoms. The quantitative estimate of drug-likeness (QED) is 0.167. The average molecular weight is 626 g/mol. The van der Waals surface area contributed by atoms with Gasteiger partial charge in [0.05, 0.1) is 23.3 Å². The Hall–Kier alpha value is -2.54. The van der Waals surface area contributed by atoms with Gasteiger partial charge in [-0.05, 0) is 55.6 Å². The third kappa shape index (κ3) is 7.08. The molecule has 3 rings (SSSR count). The zero-order chi connectivity index (χ0) is 32.4. The topological polar surface area (TPSA) is 183 Å². The number of carbonyl (C=O) groups is 3. The molecule has 43 heavy (non-hydrogen) atoms. The summed E-state index contributed by atoms with van der Waals surface area (Å²) in [5, 5.41) is 55.0. The molecular formula is C31H44ClNO10. The van der Waals surface area contributed by atoms with Crippen molar-refractivity contribution < 1.29 is 49.4 Å². The van der Waals surface area contributed by atoms with Gasteiger partial charge in [-0.2, -0.15) is 0 Å². The summed E-state index contributed by atoms with van der Waals surface area (Å²) in [5.41, 5.74) is 0.328. The van der Waals surface area contributed by atoms with Crippen molar-refractivity contribution in [3.05, 3.63) is 33.4 Å². The molecule has 1 aliphatic heterocycles. The summed E-state index contributed by atoms with van der Waals surface area (Å²) in [6.07, 6.45) is -2.66. The van der Waals surface area contributed by atoms with Crippen LogP contribution in [0.5, 0.6) is 11.5 Å².